The van der Waals surface area contributed by atoms with Gasteiger partial charge in [0, 0.05) is 11.1 Å². The number of fused-ring (bicyclic) bond motifs is 1. The van der Waals surface area contributed by atoms with Gasteiger partial charge in [-0.05, 0) is 41.7 Å². The Morgan fingerprint density at radius 1 is 1.19 bits per heavy atom. The summed E-state index contributed by atoms with van der Waals surface area (Å²) in [6.45, 7) is 7.14. The number of esters is 1. The zero-order valence-electron chi connectivity index (χ0n) is 15.2. The molecule has 0 bridgehead atoms. The van der Waals surface area contributed by atoms with E-state index in [1.807, 2.05) is 18.2 Å². The minimum atomic E-state index is -0.303. The fourth-order valence-corrected chi connectivity index (χ4v) is 2.66. The Labute approximate surface area is 158 Å². The summed E-state index contributed by atoms with van der Waals surface area (Å²) in [4.78, 5) is 16.7. The van der Waals surface area contributed by atoms with Gasteiger partial charge in [0.2, 0.25) is 0 Å². The number of hydrogen-bond acceptors (Lipinski definition) is 4. The van der Waals surface area contributed by atoms with Crippen molar-refractivity contribution in [2.24, 2.45) is 10.4 Å². The van der Waals surface area contributed by atoms with Crippen molar-refractivity contribution < 1.29 is 14.3 Å². The molecular weight excluding hydrogens is 350 g/mol. The average Bonchev–Trinajstić information content (AvgIpc) is 2.60. The minimum Gasteiger partial charge on any atom is -0.485 e. The van der Waals surface area contributed by atoms with Gasteiger partial charge in [-0.15, -0.1) is 0 Å². The van der Waals surface area contributed by atoms with Gasteiger partial charge in [0.1, 0.15) is 18.0 Å². The van der Waals surface area contributed by atoms with Crippen LogP contribution in [0.3, 0.4) is 0 Å². The summed E-state index contributed by atoms with van der Waals surface area (Å²) >= 11 is 5.97. The van der Waals surface area contributed by atoms with Gasteiger partial charge in [-0.3, -0.25) is 0 Å². The molecule has 1 aliphatic rings. The third kappa shape index (κ3) is 4.64. The molecule has 0 unspecified atom stereocenters. The van der Waals surface area contributed by atoms with E-state index in [-0.39, 0.29) is 11.4 Å². The third-order valence-electron chi connectivity index (χ3n) is 4.08. The summed E-state index contributed by atoms with van der Waals surface area (Å²) in [5.74, 6) is 0.378. The molecule has 0 atom stereocenters. The molecule has 0 fully saturated rings. The smallest absolute Gasteiger partial charge is 0.338 e. The second kappa shape index (κ2) is 7.50. The Morgan fingerprint density at radius 2 is 1.92 bits per heavy atom. The maximum atomic E-state index is 12.1. The highest BCUT2D eigenvalue weighted by molar-refractivity contribution is 6.30. The van der Waals surface area contributed by atoms with E-state index in [1.165, 1.54) is 0 Å². The standard InChI is InChI=1S/C21H22ClNO3/c1-21(2,3)10-11-25-20(24)15-6-4-14(5-7-15)18-13-26-19-12-16(22)8-9-17(19)23-18/h4-9,12H,10-11,13H2,1-3H3. The number of aliphatic imine (C=N–C) groups is 1. The van der Waals surface area contributed by atoms with Crippen LogP contribution >= 0.6 is 11.6 Å². The van der Waals surface area contributed by atoms with E-state index in [0.717, 1.165) is 23.4 Å². The second-order valence-electron chi connectivity index (χ2n) is 7.48. The molecule has 4 nitrogen and oxygen atoms in total. The van der Waals surface area contributed by atoms with Crippen molar-refractivity contribution in [1.82, 2.24) is 0 Å². The molecule has 0 radical (unpaired) electrons. The Kier molecular flexibility index (Phi) is 5.33. The highest BCUT2D eigenvalue weighted by Gasteiger charge is 2.16. The van der Waals surface area contributed by atoms with E-state index in [0.29, 0.717) is 29.5 Å². The van der Waals surface area contributed by atoms with E-state index >= 15 is 0 Å². The van der Waals surface area contributed by atoms with Crippen molar-refractivity contribution in [3.8, 4) is 5.75 Å². The summed E-state index contributed by atoms with van der Waals surface area (Å²) in [5, 5.41) is 0.622. The van der Waals surface area contributed by atoms with Crippen LogP contribution in [0, 0.1) is 5.41 Å². The first kappa shape index (κ1) is 18.5. The van der Waals surface area contributed by atoms with Crippen molar-refractivity contribution in [3.63, 3.8) is 0 Å². The molecule has 5 heteroatoms. The number of hydrogen-bond donors (Lipinski definition) is 0. The van der Waals surface area contributed by atoms with Crippen molar-refractivity contribution in [3.05, 3.63) is 58.6 Å². The molecule has 3 rings (SSSR count). The number of carbonyl (C=O) groups is 1. The molecule has 0 saturated carbocycles. The number of rotatable bonds is 4. The molecule has 26 heavy (non-hydrogen) atoms. The van der Waals surface area contributed by atoms with Crippen LogP contribution in [0.4, 0.5) is 5.69 Å². The number of halogens is 1. The van der Waals surface area contributed by atoms with E-state index in [4.69, 9.17) is 21.1 Å². The Bertz CT molecular complexity index is 835. The van der Waals surface area contributed by atoms with Crippen LogP contribution in [-0.4, -0.2) is 24.9 Å². The fourth-order valence-electron chi connectivity index (χ4n) is 2.50. The lowest BCUT2D eigenvalue weighted by molar-refractivity contribution is 0.0465. The molecule has 1 heterocycles. The largest absolute Gasteiger partial charge is 0.485 e. The van der Waals surface area contributed by atoms with Gasteiger partial charge in [0.05, 0.1) is 17.9 Å². The first-order valence-electron chi connectivity index (χ1n) is 8.59. The second-order valence-corrected chi connectivity index (χ2v) is 7.92. The van der Waals surface area contributed by atoms with Crippen LogP contribution < -0.4 is 4.74 Å². The van der Waals surface area contributed by atoms with Crippen molar-refractivity contribution in [2.75, 3.05) is 13.2 Å². The SMILES string of the molecule is CC(C)(C)CCOC(=O)c1ccc(C2=Nc3ccc(Cl)cc3OC2)cc1. The fraction of sp³-hybridized carbons (Fsp3) is 0.333. The van der Waals surface area contributed by atoms with Crippen LogP contribution in [0.5, 0.6) is 5.75 Å². The molecule has 0 aliphatic carbocycles. The molecule has 2 aromatic rings. The maximum absolute atomic E-state index is 12.1. The van der Waals surface area contributed by atoms with Crippen molar-refractivity contribution in [1.29, 1.82) is 0 Å². The third-order valence-corrected chi connectivity index (χ3v) is 4.32. The lowest BCUT2D eigenvalue weighted by Crippen LogP contribution is -2.17. The predicted octanol–water partition coefficient (Wildman–Crippen LogP) is 5.45. The van der Waals surface area contributed by atoms with Gasteiger partial charge in [-0.1, -0.05) is 44.5 Å². The summed E-state index contributed by atoms with van der Waals surface area (Å²) in [6, 6.07) is 12.6. The lowest BCUT2D eigenvalue weighted by Gasteiger charge is -2.18. The molecule has 0 saturated heterocycles. The Balaban J connectivity index is 1.68. The molecule has 136 valence electrons. The van der Waals surface area contributed by atoms with Gasteiger partial charge in [0.15, 0.2) is 0 Å². The molecule has 0 N–H and O–H groups in total. The molecular formula is C21H22ClNO3. The van der Waals surface area contributed by atoms with E-state index < -0.39 is 0 Å². The summed E-state index contributed by atoms with van der Waals surface area (Å²) < 4.78 is 11.1. The summed E-state index contributed by atoms with van der Waals surface area (Å²) in [7, 11) is 0. The van der Waals surface area contributed by atoms with Crippen LogP contribution in [0.2, 0.25) is 5.02 Å². The summed E-state index contributed by atoms with van der Waals surface area (Å²) in [5.41, 5.74) is 3.15. The number of benzene rings is 2. The first-order valence-corrected chi connectivity index (χ1v) is 8.97. The minimum absolute atomic E-state index is 0.143. The summed E-state index contributed by atoms with van der Waals surface area (Å²) in [6.07, 6.45) is 0.828. The van der Waals surface area contributed by atoms with Crippen LogP contribution in [0.15, 0.2) is 47.5 Å². The van der Waals surface area contributed by atoms with E-state index in [9.17, 15) is 4.79 Å². The van der Waals surface area contributed by atoms with E-state index in [1.54, 1.807) is 24.3 Å². The predicted molar refractivity (Wildman–Crippen MR) is 104 cm³/mol. The zero-order chi connectivity index (χ0) is 18.7. The van der Waals surface area contributed by atoms with Crippen molar-refractivity contribution >= 4 is 29.0 Å². The molecule has 0 spiro atoms. The normalized spacial score (nSPS) is 13.5. The van der Waals surface area contributed by atoms with Crippen LogP contribution in [-0.2, 0) is 4.74 Å². The Hall–Kier alpha value is -2.33. The van der Waals surface area contributed by atoms with Gasteiger partial charge >= 0.3 is 5.97 Å². The molecule has 2 aromatic carbocycles. The van der Waals surface area contributed by atoms with Crippen LogP contribution in [0.1, 0.15) is 43.1 Å². The zero-order valence-corrected chi connectivity index (χ0v) is 16.0. The Morgan fingerprint density at radius 3 is 2.62 bits per heavy atom. The highest BCUT2D eigenvalue weighted by Crippen LogP contribution is 2.34. The van der Waals surface area contributed by atoms with E-state index in [2.05, 4.69) is 25.8 Å². The van der Waals surface area contributed by atoms with Crippen LogP contribution in [0.25, 0.3) is 0 Å². The number of carbonyl (C=O) groups excluding carboxylic acids is 1. The number of ether oxygens (including phenoxy) is 2. The van der Waals surface area contributed by atoms with Gasteiger partial charge in [-0.2, -0.15) is 0 Å². The lowest BCUT2D eigenvalue weighted by atomic mass is 9.93. The first-order chi connectivity index (χ1) is 12.3. The maximum Gasteiger partial charge on any atom is 0.338 e. The average molecular weight is 372 g/mol. The molecule has 0 amide bonds. The number of nitrogens with zero attached hydrogens (tertiary/aromatic N) is 1. The highest BCUT2D eigenvalue weighted by atomic mass is 35.5. The topological polar surface area (TPSA) is 47.9 Å². The monoisotopic (exact) mass is 371 g/mol. The molecule has 0 aromatic heterocycles. The van der Waals surface area contributed by atoms with Crippen molar-refractivity contribution in [2.45, 2.75) is 27.2 Å². The van der Waals surface area contributed by atoms with Gasteiger partial charge in [0.25, 0.3) is 0 Å². The molecule has 1 aliphatic heterocycles. The quantitative estimate of drug-likeness (QED) is 0.672. The van der Waals surface area contributed by atoms with Gasteiger partial charge < -0.3 is 9.47 Å². The van der Waals surface area contributed by atoms with Gasteiger partial charge in [-0.25, -0.2) is 9.79 Å².